The van der Waals surface area contributed by atoms with Crippen molar-refractivity contribution in [1.82, 2.24) is 10.2 Å². The number of amides is 1. The third kappa shape index (κ3) is 5.85. The van der Waals surface area contributed by atoms with Gasteiger partial charge in [-0.1, -0.05) is 44.2 Å². The summed E-state index contributed by atoms with van der Waals surface area (Å²) < 4.78 is 0. The van der Waals surface area contributed by atoms with E-state index in [0.29, 0.717) is 12.0 Å². The van der Waals surface area contributed by atoms with Crippen molar-refractivity contribution in [2.24, 2.45) is 5.92 Å². The van der Waals surface area contributed by atoms with Crippen LogP contribution in [0, 0.1) is 5.92 Å². The quantitative estimate of drug-likeness (QED) is 0.750. The maximum Gasteiger partial charge on any atom is 0.233 e. The van der Waals surface area contributed by atoms with E-state index in [-0.39, 0.29) is 11.2 Å². The molecule has 23 heavy (non-hydrogen) atoms. The lowest BCUT2D eigenvalue weighted by Crippen LogP contribution is -2.44. The number of carbonyl (C=O) groups is 1. The Morgan fingerprint density at radius 3 is 2.48 bits per heavy atom. The van der Waals surface area contributed by atoms with E-state index >= 15 is 0 Å². The molecule has 0 radical (unpaired) electrons. The summed E-state index contributed by atoms with van der Waals surface area (Å²) in [7, 11) is 2.17. The van der Waals surface area contributed by atoms with Gasteiger partial charge in [-0.2, -0.15) is 0 Å². The van der Waals surface area contributed by atoms with Crippen molar-refractivity contribution in [3.63, 3.8) is 0 Å². The SMILES string of the molecule is CC(C)C(SCc1ccccc1)C(=O)NCC(C)N(C)C1CC1. The van der Waals surface area contributed by atoms with Gasteiger partial charge in [0.2, 0.25) is 5.91 Å². The average molecular weight is 335 g/mol. The molecular weight excluding hydrogens is 304 g/mol. The van der Waals surface area contributed by atoms with Gasteiger partial charge in [0.25, 0.3) is 0 Å². The summed E-state index contributed by atoms with van der Waals surface area (Å²) in [6.45, 7) is 7.19. The molecule has 128 valence electrons. The zero-order valence-corrected chi connectivity index (χ0v) is 15.6. The molecule has 1 aliphatic rings. The number of nitrogens with one attached hydrogen (secondary N) is 1. The first-order valence-electron chi connectivity index (χ1n) is 8.64. The van der Waals surface area contributed by atoms with Gasteiger partial charge in [-0.05, 0) is 38.3 Å². The first kappa shape index (κ1) is 18.3. The second-order valence-electron chi connectivity index (χ2n) is 6.95. The van der Waals surface area contributed by atoms with Gasteiger partial charge in [-0.15, -0.1) is 11.8 Å². The zero-order chi connectivity index (χ0) is 16.8. The van der Waals surface area contributed by atoms with Crippen LogP contribution >= 0.6 is 11.8 Å². The molecule has 1 aliphatic carbocycles. The molecule has 2 unspecified atom stereocenters. The Bertz CT molecular complexity index is 487. The van der Waals surface area contributed by atoms with Crippen molar-refractivity contribution < 1.29 is 4.79 Å². The predicted octanol–water partition coefficient (Wildman–Crippen LogP) is 3.54. The Morgan fingerprint density at radius 1 is 1.26 bits per heavy atom. The number of nitrogens with zero attached hydrogens (tertiary/aromatic N) is 1. The molecule has 1 aromatic rings. The fourth-order valence-corrected chi connectivity index (χ4v) is 3.85. The first-order valence-corrected chi connectivity index (χ1v) is 9.69. The minimum Gasteiger partial charge on any atom is -0.354 e. The minimum atomic E-state index is 0.00800. The van der Waals surface area contributed by atoms with Crippen molar-refractivity contribution in [3.8, 4) is 0 Å². The molecule has 3 nitrogen and oxygen atoms in total. The summed E-state index contributed by atoms with van der Waals surface area (Å²) >= 11 is 1.74. The van der Waals surface area contributed by atoms with Crippen molar-refractivity contribution >= 4 is 17.7 Å². The molecule has 0 bridgehead atoms. The highest BCUT2D eigenvalue weighted by atomic mass is 32.2. The van der Waals surface area contributed by atoms with Crippen molar-refractivity contribution in [3.05, 3.63) is 35.9 Å². The molecule has 2 atom stereocenters. The molecule has 1 N–H and O–H groups in total. The summed E-state index contributed by atoms with van der Waals surface area (Å²) in [6, 6.07) is 11.5. The smallest absolute Gasteiger partial charge is 0.233 e. The van der Waals surface area contributed by atoms with Crippen molar-refractivity contribution in [1.29, 1.82) is 0 Å². The van der Waals surface area contributed by atoms with Crippen LogP contribution in [0.15, 0.2) is 30.3 Å². The molecule has 0 spiro atoms. The second-order valence-corrected chi connectivity index (χ2v) is 8.08. The van der Waals surface area contributed by atoms with E-state index in [1.54, 1.807) is 11.8 Å². The van der Waals surface area contributed by atoms with Gasteiger partial charge in [-0.25, -0.2) is 0 Å². The van der Waals surface area contributed by atoms with Crippen LogP contribution < -0.4 is 5.32 Å². The molecule has 0 aliphatic heterocycles. The molecule has 4 heteroatoms. The van der Waals surface area contributed by atoms with Gasteiger partial charge in [-0.3, -0.25) is 9.69 Å². The fourth-order valence-electron chi connectivity index (χ4n) is 2.67. The van der Waals surface area contributed by atoms with E-state index in [1.807, 2.05) is 6.07 Å². The summed E-state index contributed by atoms with van der Waals surface area (Å²) in [5.74, 6) is 1.39. The topological polar surface area (TPSA) is 32.3 Å². The maximum atomic E-state index is 12.6. The average Bonchev–Trinajstić information content (AvgIpc) is 3.37. The van der Waals surface area contributed by atoms with E-state index in [2.05, 4.69) is 62.3 Å². The lowest BCUT2D eigenvalue weighted by molar-refractivity contribution is -0.121. The lowest BCUT2D eigenvalue weighted by Gasteiger charge is -2.26. The number of rotatable bonds is 9. The Hall–Kier alpha value is -1.00. The third-order valence-corrected chi connectivity index (χ3v) is 6.14. The number of thioether (sulfide) groups is 1. The summed E-state index contributed by atoms with van der Waals surface area (Å²) in [4.78, 5) is 15.0. The van der Waals surface area contributed by atoms with Gasteiger partial charge in [0.1, 0.15) is 0 Å². The Labute approximate surface area is 145 Å². The van der Waals surface area contributed by atoms with Crippen LogP contribution in [0.5, 0.6) is 0 Å². The lowest BCUT2D eigenvalue weighted by atomic mass is 10.1. The van der Waals surface area contributed by atoms with E-state index in [9.17, 15) is 4.79 Å². The largest absolute Gasteiger partial charge is 0.354 e. The summed E-state index contributed by atoms with van der Waals surface area (Å²) in [6.07, 6.45) is 2.60. The molecular formula is C19H30N2OS. The fraction of sp³-hybridized carbons (Fsp3) is 0.632. The van der Waals surface area contributed by atoms with E-state index in [1.165, 1.54) is 18.4 Å². The molecule has 1 fully saturated rings. The normalized spacial score (nSPS) is 17.3. The van der Waals surface area contributed by atoms with Crippen LogP contribution in [-0.2, 0) is 10.5 Å². The Morgan fingerprint density at radius 2 is 1.91 bits per heavy atom. The molecule has 1 amide bonds. The monoisotopic (exact) mass is 334 g/mol. The van der Waals surface area contributed by atoms with Gasteiger partial charge < -0.3 is 5.32 Å². The van der Waals surface area contributed by atoms with E-state index in [4.69, 9.17) is 0 Å². The molecule has 2 rings (SSSR count). The molecule has 1 saturated carbocycles. The van der Waals surface area contributed by atoms with Crippen LogP contribution in [-0.4, -0.2) is 41.7 Å². The van der Waals surface area contributed by atoms with Gasteiger partial charge in [0.05, 0.1) is 5.25 Å². The Balaban J connectivity index is 1.80. The third-order valence-electron chi connectivity index (χ3n) is 4.53. The van der Waals surface area contributed by atoms with Crippen molar-refractivity contribution in [2.75, 3.05) is 13.6 Å². The Kier molecular flexibility index (Phi) is 6.97. The van der Waals surface area contributed by atoms with Crippen LogP contribution in [0.2, 0.25) is 0 Å². The first-order chi connectivity index (χ1) is 11.0. The van der Waals surface area contributed by atoms with Gasteiger partial charge >= 0.3 is 0 Å². The number of hydrogen-bond acceptors (Lipinski definition) is 3. The van der Waals surface area contributed by atoms with Crippen LogP contribution in [0.25, 0.3) is 0 Å². The highest BCUT2D eigenvalue weighted by Gasteiger charge is 2.30. The van der Waals surface area contributed by atoms with Crippen LogP contribution in [0.4, 0.5) is 0 Å². The molecule has 0 aromatic heterocycles. The van der Waals surface area contributed by atoms with Crippen LogP contribution in [0.1, 0.15) is 39.2 Å². The predicted molar refractivity (Wildman–Crippen MR) is 99.6 cm³/mol. The summed E-state index contributed by atoms with van der Waals surface area (Å²) in [5, 5.41) is 3.17. The van der Waals surface area contributed by atoms with Crippen molar-refractivity contribution in [2.45, 2.75) is 56.7 Å². The minimum absolute atomic E-state index is 0.00800. The number of benzene rings is 1. The maximum absolute atomic E-state index is 12.6. The number of hydrogen-bond donors (Lipinski definition) is 1. The summed E-state index contributed by atoms with van der Waals surface area (Å²) in [5.41, 5.74) is 1.28. The van der Waals surface area contributed by atoms with Gasteiger partial charge in [0.15, 0.2) is 0 Å². The number of likely N-dealkylation sites (N-methyl/N-ethyl adjacent to an activating group) is 1. The number of carbonyl (C=O) groups excluding carboxylic acids is 1. The van der Waals surface area contributed by atoms with Crippen LogP contribution in [0.3, 0.4) is 0 Å². The second kappa shape index (κ2) is 8.74. The molecule has 1 aromatic carbocycles. The highest BCUT2D eigenvalue weighted by molar-refractivity contribution is 7.99. The standard InChI is InChI=1S/C19H30N2OS/c1-14(2)18(23-13-16-8-6-5-7-9-16)19(22)20-12-15(3)21(4)17-10-11-17/h5-9,14-15,17-18H,10-13H2,1-4H3,(H,20,22). The molecule has 0 saturated heterocycles. The van der Waals surface area contributed by atoms with E-state index in [0.717, 1.165) is 18.3 Å². The zero-order valence-electron chi connectivity index (χ0n) is 14.8. The van der Waals surface area contributed by atoms with E-state index < -0.39 is 0 Å². The highest BCUT2D eigenvalue weighted by Crippen LogP contribution is 2.27. The van der Waals surface area contributed by atoms with Gasteiger partial charge in [0, 0.05) is 24.4 Å². The molecule has 0 heterocycles.